The van der Waals surface area contributed by atoms with Crippen molar-refractivity contribution >= 4 is 21.9 Å². The summed E-state index contributed by atoms with van der Waals surface area (Å²) in [5.41, 5.74) is 1.98. The molecule has 0 atom stereocenters. The SMILES string of the molecule is CCN(CC)C(=O)COC(=O)c1ccc(CNS(=O)(=O)c2ccc(C(C)(C)C)cc2)cc1. The lowest BCUT2D eigenvalue weighted by Gasteiger charge is -2.19. The molecule has 0 aliphatic rings. The van der Waals surface area contributed by atoms with Crippen molar-refractivity contribution in [2.24, 2.45) is 0 Å². The quantitative estimate of drug-likeness (QED) is 0.578. The highest BCUT2D eigenvalue weighted by atomic mass is 32.2. The second-order valence-corrected chi connectivity index (χ2v) is 10.2. The number of carbonyl (C=O) groups excluding carboxylic acids is 2. The van der Waals surface area contributed by atoms with Gasteiger partial charge in [0.1, 0.15) is 0 Å². The fourth-order valence-corrected chi connectivity index (χ4v) is 4.05. The first-order valence-electron chi connectivity index (χ1n) is 10.6. The minimum absolute atomic E-state index is 0.0582. The summed E-state index contributed by atoms with van der Waals surface area (Å²) in [5, 5.41) is 0. The first-order chi connectivity index (χ1) is 15.0. The third kappa shape index (κ3) is 6.90. The van der Waals surface area contributed by atoms with E-state index in [-0.39, 0.29) is 29.4 Å². The molecule has 0 aromatic heterocycles. The predicted octanol–water partition coefficient (Wildman–Crippen LogP) is 3.49. The molecule has 174 valence electrons. The lowest BCUT2D eigenvalue weighted by atomic mass is 9.87. The van der Waals surface area contributed by atoms with Crippen LogP contribution in [0.25, 0.3) is 0 Å². The normalized spacial score (nSPS) is 11.8. The van der Waals surface area contributed by atoms with Crippen LogP contribution >= 0.6 is 0 Å². The fourth-order valence-electron chi connectivity index (χ4n) is 3.03. The highest BCUT2D eigenvalue weighted by Crippen LogP contribution is 2.23. The molecule has 7 nitrogen and oxygen atoms in total. The third-order valence-electron chi connectivity index (χ3n) is 5.13. The van der Waals surface area contributed by atoms with Gasteiger partial charge >= 0.3 is 5.97 Å². The van der Waals surface area contributed by atoms with E-state index in [0.717, 1.165) is 5.56 Å². The topological polar surface area (TPSA) is 92.8 Å². The number of carbonyl (C=O) groups is 2. The van der Waals surface area contributed by atoms with Gasteiger partial charge in [-0.2, -0.15) is 0 Å². The molecule has 0 unspecified atom stereocenters. The molecular formula is C24H32N2O5S. The summed E-state index contributed by atoms with van der Waals surface area (Å²) in [5.74, 6) is -0.846. The van der Waals surface area contributed by atoms with Gasteiger partial charge in [0.15, 0.2) is 6.61 Å². The van der Waals surface area contributed by atoms with E-state index in [1.807, 2.05) is 26.0 Å². The summed E-state index contributed by atoms with van der Waals surface area (Å²) in [6.45, 7) is 10.8. The zero-order chi connectivity index (χ0) is 23.9. The number of nitrogens with zero attached hydrogens (tertiary/aromatic N) is 1. The maximum Gasteiger partial charge on any atom is 0.338 e. The summed E-state index contributed by atoms with van der Waals surface area (Å²) in [6.07, 6.45) is 0. The van der Waals surface area contributed by atoms with Crippen LogP contribution in [0.3, 0.4) is 0 Å². The Morgan fingerprint density at radius 3 is 2.00 bits per heavy atom. The smallest absolute Gasteiger partial charge is 0.338 e. The molecule has 8 heteroatoms. The van der Waals surface area contributed by atoms with E-state index in [0.29, 0.717) is 24.2 Å². The van der Waals surface area contributed by atoms with Crippen molar-refractivity contribution in [3.8, 4) is 0 Å². The second kappa shape index (κ2) is 10.7. The summed E-state index contributed by atoms with van der Waals surface area (Å²) in [4.78, 5) is 25.9. The summed E-state index contributed by atoms with van der Waals surface area (Å²) in [6, 6.07) is 13.2. The van der Waals surface area contributed by atoms with Gasteiger partial charge in [-0.1, -0.05) is 45.0 Å². The van der Waals surface area contributed by atoms with E-state index in [9.17, 15) is 18.0 Å². The molecule has 1 N–H and O–H groups in total. The van der Waals surface area contributed by atoms with E-state index in [1.54, 1.807) is 41.3 Å². The average Bonchev–Trinajstić information content (AvgIpc) is 2.77. The van der Waals surface area contributed by atoms with Crippen molar-refractivity contribution in [3.63, 3.8) is 0 Å². The third-order valence-corrected chi connectivity index (χ3v) is 6.55. The summed E-state index contributed by atoms with van der Waals surface area (Å²) >= 11 is 0. The average molecular weight is 461 g/mol. The van der Waals surface area contributed by atoms with Crippen LogP contribution in [0.5, 0.6) is 0 Å². The van der Waals surface area contributed by atoms with Crippen LogP contribution in [0.2, 0.25) is 0 Å². The molecule has 0 heterocycles. The van der Waals surface area contributed by atoms with Crippen LogP contribution in [-0.2, 0) is 31.5 Å². The molecule has 1 amide bonds. The number of amides is 1. The minimum atomic E-state index is -3.66. The fraction of sp³-hybridized carbons (Fsp3) is 0.417. The van der Waals surface area contributed by atoms with Gasteiger partial charge in [0.25, 0.3) is 5.91 Å². The van der Waals surface area contributed by atoms with Crippen molar-refractivity contribution in [2.45, 2.75) is 51.5 Å². The molecule has 2 aromatic rings. The van der Waals surface area contributed by atoms with Gasteiger partial charge in [-0.3, -0.25) is 4.79 Å². The molecule has 0 saturated heterocycles. The minimum Gasteiger partial charge on any atom is -0.452 e. The van der Waals surface area contributed by atoms with E-state index in [4.69, 9.17) is 4.74 Å². The van der Waals surface area contributed by atoms with Crippen molar-refractivity contribution < 1.29 is 22.7 Å². The molecule has 0 saturated carbocycles. The van der Waals surface area contributed by atoms with Crippen LogP contribution < -0.4 is 4.72 Å². The summed E-state index contributed by atoms with van der Waals surface area (Å²) in [7, 11) is -3.66. The molecule has 0 radical (unpaired) electrons. The number of hydrogen-bond acceptors (Lipinski definition) is 5. The monoisotopic (exact) mass is 460 g/mol. The van der Waals surface area contributed by atoms with E-state index < -0.39 is 16.0 Å². The summed E-state index contributed by atoms with van der Waals surface area (Å²) < 4.78 is 32.8. The Bertz CT molecular complexity index is 1020. The van der Waals surface area contributed by atoms with Gasteiger partial charge in [-0.15, -0.1) is 0 Å². The maximum absolute atomic E-state index is 12.6. The number of nitrogens with one attached hydrogen (secondary N) is 1. The number of esters is 1. The largest absolute Gasteiger partial charge is 0.452 e. The van der Waals surface area contributed by atoms with Crippen molar-refractivity contribution in [3.05, 3.63) is 65.2 Å². The molecule has 0 fully saturated rings. The van der Waals surface area contributed by atoms with Crippen molar-refractivity contribution in [1.82, 2.24) is 9.62 Å². The highest BCUT2D eigenvalue weighted by Gasteiger charge is 2.18. The zero-order valence-corrected chi connectivity index (χ0v) is 20.2. The molecule has 0 aliphatic carbocycles. The lowest BCUT2D eigenvalue weighted by molar-refractivity contribution is -0.134. The number of rotatable bonds is 9. The molecular weight excluding hydrogens is 428 g/mol. The van der Waals surface area contributed by atoms with Gasteiger partial charge in [-0.25, -0.2) is 17.9 Å². The molecule has 32 heavy (non-hydrogen) atoms. The van der Waals surface area contributed by atoms with Gasteiger partial charge < -0.3 is 9.64 Å². The zero-order valence-electron chi connectivity index (χ0n) is 19.3. The number of ether oxygens (including phenoxy) is 1. The van der Waals surface area contributed by atoms with Gasteiger partial charge in [0.05, 0.1) is 10.5 Å². The van der Waals surface area contributed by atoms with Gasteiger partial charge in [-0.05, 0) is 54.7 Å². The lowest BCUT2D eigenvalue weighted by Crippen LogP contribution is -2.34. The van der Waals surface area contributed by atoms with Crippen LogP contribution in [0.1, 0.15) is 56.1 Å². The first-order valence-corrected chi connectivity index (χ1v) is 12.1. The molecule has 2 rings (SSSR count). The Morgan fingerprint density at radius 2 is 1.50 bits per heavy atom. The van der Waals surface area contributed by atoms with Crippen LogP contribution in [0.4, 0.5) is 0 Å². The number of hydrogen-bond donors (Lipinski definition) is 1. The number of sulfonamides is 1. The highest BCUT2D eigenvalue weighted by molar-refractivity contribution is 7.89. The standard InChI is InChI=1S/C24H32N2O5S/c1-6-26(7-2)22(27)17-31-23(28)19-10-8-18(9-11-19)16-25-32(29,30)21-14-12-20(13-15-21)24(3,4)5/h8-15,25H,6-7,16-17H2,1-5H3. The molecule has 0 spiro atoms. The van der Waals surface area contributed by atoms with Crippen molar-refractivity contribution in [2.75, 3.05) is 19.7 Å². The van der Waals surface area contributed by atoms with Gasteiger partial charge in [0, 0.05) is 19.6 Å². The van der Waals surface area contributed by atoms with E-state index >= 15 is 0 Å². The van der Waals surface area contributed by atoms with E-state index in [1.165, 1.54) is 0 Å². The Hall–Kier alpha value is -2.71. The maximum atomic E-state index is 12.6. The number of likely N-dealkylation sites (N-methyl/N-ethyl adjacent to an activating group) is 1. The molecule has 2 aromatic carbocycles. The first kappa shape index (κ1) is 25.5. The van der Waals surface area contributed by atoms with Crippen LogP contribution in [0.15, 0.2) is 53.4 Å². The van der Waals surface area contributed by atoms with Crippen molar-refractivity contribution in [1.29, 1.82) is 0 Å². The Kier molecular flexibility index (Phi) is 8.58. The molecule has 0 bridgehead atoms. The van der Waals surface area contributed by atoms with Crippen LogP contribution in [-0.4, -0.2) is 44.9 Å². The number of benzene rings is 2. The Morgan fingerprint density at radius 1 is 0.938 bits per heavy atom. The second-order valence-electron chi connectivity index (χ2n) is 8.44. The molecule has 0 aliphatic heterocycles. The Balaban J connectivity index is 1.94. The van der Waals surface area contributed by atoms with Gasteiger partial charge in [0.2, 0.25) is 10.0 Å². The Labute approximate surface area is 190 Å². The van der Waals surface area contributed by atoms with E-state index in [2.05, 4.69) is 25.5 Å². The van der Waals surface area contributed by atoms with Crippen LogP contribution in [0, 0.1) is 0 Å². The predicted molar refractivity (Wildman–Crippen MR) is 124 cm³/mol.